The van der Waals surface area contributed by atoms with Gasteiger partial charge in [0.1, 0.15) is 11.6 Å². The molecule has 0 unspecified atom stereocenters. The van der Waals surface area contributed by atoms with E-state index >= 15 is 0 Å². The molecule has 140 valence electrons. The summed E-state index contributed by atoms with van der Waals surface area (Å²) in [7, 11) is 0. The van der Waals surface area contributed by atoms with Crippen molar-refractivity contribution in [2.45, 2.75) is 38.8 Å². The van der Waals surface area contributed by atoms with Gasteiger partial charge in [-0.25, -0.2) is 4.68 Å². The third-order valence-electron chi connectivity index (χ3n) is 3.37. The molecule has 0 saturated heterocycles. The second kappa shape index (κ2) is 10.1. The van der Waals surface area contributed by atoms with Gasteiger partial charge < -0.3 is 4.74 Å². The number of rotatable bonds is 8. The number of hydrogen-bond acceptors (Lipinski definition) is 6. The average molecular weight is 394 g/mol. The number of nitrogens with zero attached hydrogens (tertiary/aromatic N) is 3. The first kappa shape index (κ1) is 20.2. The van der Waals surface area contributed by atoms with Gasteiger partial charge in [-0.15, -0.1) is 10.2 Å². The molecule has 0 radical (unpaired) electrons. The summed E-state index contributed by atoms with van der Waals surface area (Å²) in [5.41, 5.74) is 3.42. The Morgan fingerprint density at radius 3 is 2.88 bits per heavy atom. The van der Waals surface area contributed by atoms with E-state index in [2.05, 4.69) is 27.9 Å². The molecule has 7 nitrogen and oxygen atoms in total. The molecule has 2 N–H and O–H groups in total. The molecule has 0 spiro atoms. The van der Waals surface area contributed by atoms with E-state index in [9.17, 15) is 4.79 Å². The first-order valence-corrected chi connectivity index (χ1v) is 9.84. The van der Waals surface area contributed by atoms with Crippen LogP contribution in [0, 0.1) is 6.92 Å². The maximum Gasteiger partial charge on any atom is 0.257 e. The summed E-state index contributed by atoms with van der Waals surface area (Å²) in [6.07, 6.45) is 2.03. The fourth-order valence-electron chi connectivity index (χ4n) is 2.06. The largest absolute Gasteiger partial charge is 0.494 e. The number of hydrogen-bond donors (Lipinski definition) is 2. The van der Waals surface area contributed by atoms with E-state index in [0.29, 0.717) is 28.9 Å². The summed E-state index contributed by atoms with van der Waals surface area (Å²) < 4.78 is 7.29. The van der Waals surface area contributed by atoms with Gasteiger partial charge in [-0.05, 0) is 49.5 Å². The fraction of sp³-hybridized carbons (Fsp3) is 0.412. The van der Waals surface area contributed by atoms with Crippen molar-refractivity contribution in [2.75, 3.05) is 17.8 Å². The molecule has 0 bridgehead atoms. The first-order valence-electron chi connectivity index (χ1n) is 8.45. The minimum atomic E-state index is -0.307. The molecular weight excluding hydrogens is 370 g/mol. The molecule has 1 heterocycles. The Balaban J connectivity index is 1.98. The maximum atomic E-state index is 12.4. The van der Waals surface area contributed by atoms with Crippen LogP contribution in [0.1, 0.15) is 42.9 Å². The van der Waals surface area contributed by atoms with E-state index < -0.39 is 0 Å². The highest BCUT2D eigenvalue weighted by atomic mass is 32.2. The zero-order valence-electron chi connectivity index (χ0n) is 15.1. The number of thioether (sulfide) groups is 1. The van der Waals surface area contributed by atoms with Crippen LogP contribution >= 0.6 is 24.0 Å². The fourth-order valence-corrected chi connectivity index (χ4v) is 2.91. The van der Waals surface area contributed by atoms with E-state index in [1.807, 2.05) is 13.0 Å². The molecule has 0 aliphatic heterocycles. The zero-order valence-corrected chi connectivity index (χ0v) is 16.7. The summed E-state index contributed by atoms with van der Waals surface area (Å²) >= 11 is 6.77. The number of carbonyl (C=O) groups excluding carboxylic acids is 1. The van der Waals surface area contributed by atoms with Crippen molar-refractivity contribution >= 4 is 35.0 Å². The lowest BCUT2D eigenvalue weighted by molar-refractivity contribution is 0.0977. The Bertz CT molecular complexity index is 763. The number of carbonyl (C=O) groups is 1. The van der Waals surface area contributed by atoms with Gasteiger partial charge >= 0.3 is 0 Å². The van der Waals surface area contributed by atoms with Gasteiger partial charge in [0.05, 0.1) is 6.61 Å². The minimum absolute atomic E-state index is 0.174. The number of ether oxygens (including phenoxy) is 1. The van der Waals surface area contributed by atoms with Crippen molar-refractivity contribution in [1.29, 1.82) is 0 Å². The van der Waals surface area contributed by atoms with Gasteiger partial charge in [0.25, 0.3) is 5.91 Å². The predicted octanol–water partition coefficient (Wildman–Crippen LogP) is 3.14. The van der Waals surface area contributed by atoms with Crippen LogP contribution in [0.4, 0.5) is 0 Å². The lowest BCUT2D eigenvalue weighted by Gasteiger charge is -2.13. The molecule has 0 atom stereocenters. The van der Waals surface area contributed by atoms with Crippen molar-refractivity contribution in [3.05, 3.63) is 35.7 Å². The highest BCUT2D eigenvalue weighted by Crippen LogP contribution is 2.15. The van der Waals surface area contributed by atoms with E-state index in [1.165, 1.54) is 11.8 Å². The summed E-state index contributed by atoms with van der Waals surface area (Å²) in [6.45, 7) is 6.56. The van der Waals surface area contributed by atoms with Gasteiger partial charge in [-0.1, -0.05) is 38.1 Å². The van der Waals surface area contributed by atoms with Crippen molar-refractivity contribution in [3.63, 3.8) is 0 Å². The summed E-state index contributed by atoms with van der Waals surface area (Å²) in [5.74, 6) is 1.87. The van der Waals surface area contributed by atoms with E-state index in [-0.39, 0.29) is 11.0 Å². The highest BCUT2D eigenvalue weighted by molar-refractivity contribution is 7.99. The van der Waals surface area contributed by atoms with Crippen molar-refractivity contribution in [1.82, 2.24) is 20.2 Å². The third-order valence-corrected chi connectivity index (χ3v) is 4.38. The smallest absolute Gasteiger partial charge is 0.257 e. The van der Waals surface area contributed by atoms with E-state index in [0.717, 1.165) is 18.6 Å². The van der Waals surface area contributed by atoms with Crippen molar-refractivity contribution in [2.24, 2.45) is 0 Å². The van der Waals surface area contributed by atoms with E-state index in [4.69, 9.17) is 17.0 Å². The zero-order chi connectivity index (χ0) is 18.9. The maximum absolute atomic E-state index is 12.4. The van der Waals surface area contributed by atoms with Crippen LogP contribution in [-0.4, -0.2) is 38.3 Å². The molecule has 0 saturated carbocycles. The standard InChI is InChI=1S/C17H23N5O2S2/c1-4-6-10-24-14-9-7-8-13(11-14)15(23)18-16(25)21-22-12(3)19-20-17(22)26-5-2/h7-9,11H,4-6,10H2,1-3H3,(H2,18,21,23,25). The Hall–Kier alpha value is -2.13. The van der Waals surface area contributed by atoms with Crippen LogP contribution < -0.4 is 15.5 Å². The molecule has 1 aromatic carbocycles. The number of benzene rings is 1. The molecule has 1 amide bonds. The van der Waals surface area contributed by atoms with Crippen LogP contribution in [0.2, 0.25) is 0 Å². The molecular formula is C17H23N5O2S2. The highest BCUT2D eigenvalue weighted by Gasteiger charge is 2.13. The molecule has 0 aliphatic carbocycles. The van der Waals surface area contributed by atoms with Crippen LogP contribution in [-0.2, 0) is 0 Å². The Labute approximate surface area is 162 Å². The van der Waals surface area contributed by atoms with Crippen LogP contribution in [0.3, 0.4) is 0 Å². The van der Waals surface area contributed by atoms with Crippen molar-refractivity contribution in [3.8, 4) is 5.75 Å². The first-order chi connectivity index (χ1) is 12.5. The number of amides is 1. The molecule has 0 aliphatic rings. The number of aryl methyl sites for hydroxylation is 1. The molecule has 2 rings (SSSR count). The molecule has 26 heavy (non-hydrogen) atoms. The Morgan fingerprint density at radius 1 is 1.35 bits per heavy atom. The summed E-state index contributed by atoms with van der Waals surface area (Å²) in [6, 6.07) is 7.04. The topological polar surface area (TPSA) is 81.1 Å². The summed E-state index contributed by atoms with van der Waals surface area (Å²) in [4.78, 5) is 12.4. The average Bonchev–Trinajstić information content (AvgIpc) is 2.96. The van der Waals surface area contributed by atoms with Crippen LogP contribution in [0.5, 0.6) is 5.75 Å². The minimum Gasteiger partial charge on any atom is -0.494 e. The number of nitrogens with one attached hydrogen (secondary N) is 2. The van der Waals surface area contributed by atoms with Crippen LogP contribution in [0.25, 0.3) is 0 Å². The second-order valence-electron chi connectivity index (χ2n) is 5.42. The van der Waals surface area contributed by atoms with Crippen LogP contribution in [0.15, 0.2) is 29.4 Å². The number of unbranched alkanes of at least 4 members (excludes halogenated alkanes) is 1. The van der Waals surface area contributed by atoms with E-state index in [1.54, 1.807) is 29.8 Å². The van der Waals surface area contributed by atoms with Gasteiger partial charge in [0, 0.05) is 5.56 Å². The van der Waals surface area contributed by atoms with Gasteiger partial charge in [-0.2, -0.15) is 0 Å². The molecule has 1 aromatic heterocycles. The normalized spacial score (nSPS) is 10.4. The van der Waals surface area contributed by atoms with Gasteiger partial charge in [0.15, 0.2) is 5.11 Å². The molecule has 0 fully saturated rings. The Kier molecular flexibility index (Phi) is 7.86. The SMILES string of the molecule is CCCCOc1cccc(C(=O)NC(=S)Nn2c(C)nnc2SCC)c1. The number of thiocarbonyl (C=S) groups is 1. The quantitative estimate of drug-likeness (QED) is 0.405. The van der Waals surface area contributed by atoms with Gasteiger partial charge in [0.2, 0.25) is 5.16 Å². The molecule has 2 aromatic rings. The monoisotopic (exact) mass is 393 g/mol. The van der Waals surface area contributed by atoms with Crippen molar-refractivity contribution < 1.29 is 9.53 Å². The third kappa shape index (κ3) is 5.70. The lowest BCUT2D eigenvalue weighted by atomic mass is 10.2. The number of aromatic nitrogens is 3. The van der Waals surface area contributed by atoms with Gasteiger partial charge in [-0.3, -0.25) is 15.5 Å². The Morgan fingerprint density at radius 2 is 2.15 bits per heavy atom. The predicted molar refractivity (Wildman–Crippen MR) is 107 cm³/mol. The molecule has 9 heteroatoms. The summed E-state index contributed by atoms with van der Waals surface area (Å²) in [5, 5.41) is 11.6. The second-order valence-corrected chi connectivity index (χ2v) is 7.06. The lowest BCUT2D eigenvalue weighted by Crippen LogP contribution is -2.38.